The highest BCUT2D eigenvalue weighted by Gasteiger charge is 1.92. The molecule has 1 aromatic rings. The predicted octanol–water partition coefficient (Wildman–Crippen LogP) is 2.90. The minimum Gasteiger partial charge on any atom is -0.369 e. The fraction of sp³-hybridized carbons (Fsp3) is 0.250. The molecule has 0 heterocycles. The number of benzene rings is 1. The maximum atomic E-state index is 5.14. The van der Waals surface area contributed by atoms with E-state index in [-0.39, 0.29) is 0 Å². The van der Waals surface area contributed by atoms with Gasteiger partial charge in [0.15, 0.2) is 0 Å². The highest BCUT2D eigenvalue weighted by atomic mass is 32.1. The lowest BCUT2D eigenvalue weighted by Crippen LogP contribution is -2.16. The molecule has 1 rings (SSSR count). The van der Waals surface area contributed by atoms with Crippen LogP contribution < -0.4 is 0 Å². The van der Waals surface area contributed by atoms with Crippen molar-refractivity contribution in [3.05, 3.63) is 41.5 Å². The fourth-order valence-corrected chi connectivity index (χ4v) is 1.06. The van der Waals surface area contributed by atoms with E-state index >= 15 is 0 Å². The molecule has 0 spiro atoms. The molecule has 0 N–H and O–H groups in total. The third-order valence-electron chi connectivity index (χ3n) is 1.94. The average molecular weight is 205 g/mol. The lowest BCUT2D eigenvalue weighted by atomic mass is 10.1. The van der Waals surface area contributed by atoms with Crippen LogP contribution in [0.3, 0.4) is 0 Å². The number of thiocarbonyl (C=S) groups is 1. The second-order valence-electron chi connectivity index (χ2n) is 3.48. The van der Waals surface area contributed by atoms with Crippen molar-refractivity contribution in [2.75, 3.05) is 14.1 Å². The number of likely N-dealkylation sites (N-methyl/N-ethyl adjacent to an activating group) is 1. The van der Waals surface area contributed by atoms with Gasteiger partial charge in [0.2, 0.25) is 0 Å². The summed E-state index contributed by atoms with van der Waals surface area (Å²) >= 11 is 5.14. The smallest absolute Gasteiger partial charge is 0.101 e. The Labute approximate surface area is 91.1 Å². The summed E-state index contributed by atoms with van der Waals surface area (Å²) < 4.78 is 0. The number of aryl methyl sites for hydroxylation is 1. The van der Waals surface area contributed by atoms with Crippen LogP contribution in [-0.2, 0) is 0 Å². The second kappa shape index (κ2) is 4.91. The molecule has 0 atom stereocenters. The fourth-order valence-electron chi connectivity index (χ4n) is 0.994. The maximum Gasteiger partial charge on any atom is 0.101 e. The normalized spacial score (nSPS) is 10.5. The van der Waals surface area contributed by atoms with E-state index in [1.807, 2.05) is 31.1 Å². The van der Waals surface area contributed by atoms with Crippen molar-refractivity contribution in [3.8, 4) is 0 Å². The number of nitrogens with zero attached hydrogens (tertiary/aromatic N) is 1. The molecule has 0 aliphatic heterocycles. The molecule has 0 aliphatic rings. The number of rotatable bonds is 2. The summed E-state index contributed by atoms with van der Waals surface area (Å²) in [7, 11) is 3.89. The standard InChI is InChI=1S/C12H15NS/c1-10-4-6-11(7-5-10)8-9-12(14)13(2)3/h4-9H,1-3H3/b9-8+. The Kier molecular flexibility index (Phi) is 3.84. The molecule has 1 nitrogen and oxygen atoms in total. The summed E-state index contributed by atoms with van der Waals surface area (Å²) in [5.41, 5.74) is 2.46. The summed E-state index contributed by atoms with van der Waals surface area (Å²) in [5.74, 6) is 0. The van der Waals surface area contributed by atoms with Crippen LogP contribution in [0.2, 0.25) is 0 Å². The van der Waals surface area contributed by atoms with Crippen LogP contribution >= 0.6 is 12.2 Å². The van der Waals surface area contributed by atoms with Crippen molar-refractivity contribution in [2.24, 2.45) is 0 Å². The summed E-state index contributed by atoms with van der Waals surface area (Å²) in [6.45, 7) is 2.08. The van der Waals surface area contributed by atoms with Crippen molar-refractivity contribution < 1.29 is 0 Å². The Morgan fingerprint density at radius 3 is 2.29 bits per heavy atom. The summed E-state index contributed by atoms with van der Waals surface area (Å²) in [6.07, 6.45) is 3.97. The van der Waals surface area contributed by atoms with Gasteiger partial charge in [0.05, 0.1) is 0 Å². The predicted molar refractivity (Wildman–Crippen MR) is 66.5 cm³/mol. The first-order valence-corrected chi connectivity index (χ1v) is 4.96. The molecule has 0 unspecified atom stereocenters. The van der Waals surface area contributed by atoms with Crippen LogP contribution in [0.1, 0.15) is 11.1 Å². The van der Waals surface area contributed by atoms with Crippen molar-refractivity contribution in [1.82, 2.24) is 4.90 Å². The largest absolute Gasteiger partial charge is 0.369 e. The summed E-state index contributed by atoms with van der Waals surface area (Å²) in [5, 5.41) is 0. The van der Waals surface area contributed by atoms with E-state index in [4.69, 9.17) is 12.2 Å². The van der Waals surface area contributed by atoms with Crippen LogP contribution in [-0.4, -0.2) is 24.0 Å². The second-order valence-corrected chi connectivity index (χ2v) is 3.89. The molecule has 0 saturated heterocycles. The lowest BCUT2D eigenvalue weighted by molar-refractivity contribution is 0.639. The van der Waals surface area contributed by atoms with Crippen LogP contribution in [0, 0.1) is 6.92 Å². The van der Waals surface area contributed by atoms with E-state index in [1.165, 1.54) is 11.1 Å². The third-order valence-corrected chi connectivity index (χ3v) is 2.44. The molecule has 0 fully saturated rings. The molecule has 0 radical (unpaired) electrons. The van der Waals surface area contributed by atoms with Crippen molar-refractivity contribution in [1.29, 1.82) is 0 Å². The number of hydrogen-bond acceptors (Lipinski definition) is 1. The van der Waals surface area contributed by atoms with E-state index in [1.54, 1.807) is 0 Å². The monoisotopic (exact) mass is 205 g/mol. The van der Waals surface area contributed by atoms with Gasteiger partial charge in [0.25, 0.3) is 0 Å². The van der Waals surface area contributed by atoms with E-state index in [2.05, 4.69) is 31.2 Å². The van der Waals surface area contributed by atoms with E-state index in [0.29, 0.717) is 0 Å². The quantitative estimate of drug-likeness (QED) is 0.539. The molecule has 0 amide bonds. The first-order chi connectivity index (χ1) is 6.59. The molecule has 0 saturated carbocycles. The third kappa shape index (κ3) is 3.30. The zero-order valence-corrected chi connectivity index (χ0v) is 9.64. The molecule has 2 heteroatoms. The van der Waals surface area contributed by atoms with Gasteiger partial charge in [-0.05, 0) is 18.6 Å². The van der Waals surface area contributed by atoms with Crippen LogP contribution in [0.5, 0.6) is 0 Å². The topological polar surface area (TPSA) is 3.24 Å². The highest BCUT2D eigenvalue weighted by Crippen LogP contribution is 2.05. The number of hydrogen-bond donors (Lipinski definition) is 0. The zero-order valence-electron chi connectivity index (χ0n) is 8.82. The Balaban J connectivity index is 2.69. The van der Waals surface area contributed by atoms with E-state index in [9.17, 15) is 0 Å². The molecule has 1 aromatic carbocycles. The van der Waals surface area contributed by atoms with E-state index in [0.717, 1.165) is 4.99 Å². The lowest BCUT2D eigenvalue weighted by Gasteiger charge is -2.08. The Morgan fingerprint density at radius 1 is 1.21 bits per heavy atom. The Hall–Kier alpha value is -1.15. The van der Waals surface area contributed by atoms with Crippen molar-refractivity contribution in [3.63, 3.8) is 0 Å². The SMILES string of the molecule is Cc1ccc(/C=C/C(=S)N(C)C)cc1. The van der Waals surface area contributed by atoms with Gasteiger partial charge >= 0.3 is 0 Å². The Bertz CT molecular complexity index is 336. The van der Waals surface area contributed by atoms with E-state index < -0.39 is 0 Å². The van der Waals surface area contributed by atoms with Gasteiger partial charge in [-0.1, -0.05) is 48.1 Å². The average Bonchev–Trinajstić information content (AvgIpc) is 2.16. The van der Waals surface area contributed by atoms with Crippen molar-refractivity contribution >= 4 is 23.3 Å². The zero-order chi connectivity index (χ0) is 10.6. The molecule has 0 aromatic heterocycles. The summed E-state index contributed by atoms with van der Waals surface area (Å²) in [4.78, 5) is 2.76. The molecule has 0 aliphatic carbocycles. The highest BCUT2D eigenvalue weighted by molar-refractivity contribution is 7.80. The minimum absolute atomic E-state index is 0.838. The minimum atomic E-state index is 0.838. The molecular weight excluding hydrogens is 190 g/mol. The van der Waals surface area contributed by atoms with Gasteiger partial charge in [-0.2, -0.15) is 0 Å². The van der Waals surface area contributed by atoms with Gasteiger partial charge in [-0.25, -0.2) is 0 Å². The molecule has 74 valence electrons. The van der Waals surface area contributed by atoms with Gasteiger partial charge < -0.3 is 4.90 Å². The van der Waals surface area contributed by atoms with Gasteiger partial charge in [0, 0.05) is 14.1 Å². The van der Waals surface area contributed by atoms with Crippen LogP contribution in [0.15, 0.2) is 30.3 Å². The van der Waals surface area contributed by atoms with Gasteiger partial charge in [-0.15, -0.1) is 0 Å². The van der Waals surface area contributed by atoms with Gasteiger partial charge in [-0.3, -0.25) is 0 Å². The first-order valence-electron chi connectivity index (χ1n) is 4.55. The van der Waals surface area contributed by atoms with Crippen molar-refractivity contribution in [2.45, 2.75) is 6.92 Å². The Morgan fingerprint density at radius 2 is 1.79 bits per heavy atom. The van der Waals surface area contributed by atoms with Crippen LogP contribution in [0.4, 0.5) is 0 Å². The molecular formula is C12H15NS. The summed E-state index contributed by atoms with van der Waals surface area (Å²) in [6, 6.07) is 8.37. The maximum absolute atomic E-state index is 5.14. The first kappa shape index (κ1) is 10.9. The van der Waals surface area contributed by atoms with Gasteiger partial charge in [0.1, 0.15) is 4.99 Å². The molecule has 0 bridgehead atoms. The molecule has 14 heavy (non-hydrogen) atoms. The van der Waals surface area contributed by atoms with Crippen LogP contribution in [0.25, 0.3) is 6.08 Å².